The number of H-pyrrole nitrogens is 1. The van der Waals surface area contributed by atoms with Crippen LogP contribution in [0.1, 0.15) is 11.1 Å². The summed E-state index contributed by atoms with van der Waals surface area (Å²) in [4.78, 5) is 3.54. The molecular weight excluding hydrogens is 424 g/mol. The fourth-order valence-corrected chi connectivity index (χ4v) is 5.15. The van der Waals surface area contributed by atoms with Crippen LogP contribution in [0.25, 0.3) is 10.9 Å². The summed E-state index contributed by atoms with van der Waals surface area (Å²) in [5.41, 5.74) is 2.93. The van der Waals surface area contributed by atoms with Gasteiger partial charge < -0.3 is 14.5 Å². The van der Waals surface area contributed by atoms with Crippen LogP contribution in [0.15, 0.2) is 83.9 Å². The molecule has 1 heterocycles. The van der Waals surface area contributed by atoms with Gasteiger partial charge in [0.25, 0.3) is 0 Å². The van der Waals surface area contributed by atoms with Gasteiger partial charge in [-0.15, -0.1) is 0 Å². The molecule has 0 unspecified atom stereocenters. The second kappa shape index (κ2) is 9.46. The summed E-state index contributed by atoms with van der Waals surface area (Å²) in [5.74, 6) is 1.50. The molecule has 0 atom stereocenters. The number of nitrogens with one attached hydrogen (secondary N) is 1. The van der Waals surface area contributed by atoms with Gasteiger partial charge in [-0.3, -0.25) is 0 Å². The van der Waals surface area contributed by atoms with Gasteiger partial charge in [0.1, 0.15) is 11.5 Å². The maximum absolute atomic E-state index is 13.5. The van der Waals surface area contributed by atoms with Gasteiger partial charge in [-0.1, -0.05) is 30.3 Å². The molecule has 0 aliphatic heterocycles. The lowest BCUT2D eigenvalue weighted by atomic mass is 10.1. The van der Waals surface area contributed by atoms with E-state index in [-0.39, 0.29) is 11.4 Å². The molecule has 1 aromatic heterocycles. The van der Waals surface area contributed by atoms with Crippen LogP contribution in [0, 0.1) is 0 Å². The maximum Gasteiger partial charge on any atom is 0.243 e. The number of fused-ring (bicyclic) bond motifs is 1. The first kappa shape index (κ1) is 21.9. The van der Waals surface area contributed by atoms with Crippen LogP contribution in [0.3, 0.4) is 0 Å². The highest BCUT2D eigenvalue weighted by atomic mass is 32.2. The van der Waals surface area contributed by atoms with Crippen molar-refractivity contribution in [3.63, 3.8) is 0 Å². The van der Waals surface area contributed by atoms with Crippen molar-refractivity contribution >= 4 is 20.9 Å². The molecule has 0 bridgehead atoms. The summed E-state index contributed by atoms with van der Waals surface area (Å²) in [6, 6.07) is 21.9. The summed E-state index contributed by atoms with van der Waals surface area (Å²) in [5, 5.41) is 1.03. The van der Waals surface area contributed by atoms with Crippen LogP contribution in [0.5, 0.6) is 11.5 Å². The average molecular weight is 451 g/mol. The van der Waals surface area contributed by atoms with Gasteiger partial charge in [0.2, 0.25) is 10.0 Å². The maximum atomic E-state index is 13.5. The van der Waals surface area contributed by atoms with E-state index in [1.54, 1.807) is 38.5 Å². The lowest BCUT2D eigenvalue weighted by molar-refractivity contribution is 0.406. The first-order chi connectivity index (χ1) is 15.5. The Morgan fingerprint density at radius 3 is 2.25 bits per heavy atom. The second-order valence-corrected chi connectivity index (χ2v) is 9.41. The van der Waals surface area contributed by atoms with Gasteiger partial charge in [-0.25, -0.2) is 8.42 Å². The lowest BCUT2D eigenvalue weighted by Gasteiger charge is -2.22. The van der Waals surface area contributed by atoms with Crippen molar-refractivity contribution < 1.29 is 17.9 Å². The molecule has 0 radical (unpaired) electrons. The van der Waals surface area contributed by atoms with E-state index in [1.165, 1.54) is 4.31 Å². The molecule has 0 amide bonds. The first-order valence-corrected chi connectivity index (χ1v) is 11.8. The molecule has 0 saturated heterocycles. The Hall–Kier alpha value is -3.29. The van der Waals surface area contributed by atoms with Crippen molar-refractivity contribution in [1.82, 2.24) is 9.29 Å². The van der Waals surface area contributed by atoms with Crippen LogP contribution < -0.4 is 9.47 Å². The summed E-state index contributed by atoms with van der Waals surface area (Å²) < 4.78 is 39.0. The molecule has 6 nitrogen and oxygen atoms in total. The molecule has 7 heteroatoms. The average Bonchev–Trinajstić information content (AvgIpc) is 3.24. The van der Waals surface area contributed by atoms with Crippen LogP contribution in [0.2, 0.25) is 0 Å². The molecule has 4 rings (SSSR count). The predicted octanol–water partition coefficient (Wildman–Crippen LogP) is 4.62. The lowest BCUT2D eigenvalue weighted by Crippen LogP contribution is -2.32. The number of benzene rings is 3. The molecule has 32 heavy (non-hydrogen) atoms. The van der Waals surface area contributed by atoms with Crippen molar-refractivity contribution in [3.05, 3.63) is 90.1 Å². The van der Waals surface area contributed by atoms with Crippen LogP contribution >= 0.6 is 0 Å². The number of hydrogen-bond acceptors (Lipinski definition) is 4. The highest BCUT2D eigenvalue weighted by Crippen LogP contribution is 2.26. The predicted molar refractivity (Wildman–Crippen MR) is 126 cm³/mol. The van der Waals surface area contributed by atoms with E-state index in [2.05, 4.69) is 4.98 Å². The third kappa shape index (κ3) is 4.64. The van der Waals surface area contributed by atoms with Crippen molar-refractivity contribution in [2.75, 3.05) is 20.8 Å². The topological polar surface area (TPSA) is 71.6 Å². The van der Waals surface area contributed by atoms with E-state index in [0.29, 0.717) is 13.0 Å². The summed E-state index contributed by atoms with van der Waals surface area (Å²) >= 11 is 0. The molecule has 0 aliphatic carbocycles. The molecule has 0 spiro atoms. The number of sulfonamides is 1. The van der Waals surface area contributed by atoms with Gasteiger partial charge >= 0.3 is 0 Å². The van der Waals surface area contributed by atoms with Gasteiger partial charge in [0.15, 0.2) is 0 Å². The fraction of sp³-hybridized carbons (Fsp3) is 0.200. The van der Waals surface area contributed by atoms with E-state index in [4.69, 9.17) is 9.47 Å². The number of aromatic nitrogens is 1. The molecule has 0 saturated carbocycles. The summed E-state index contributed by atoms with van der Waals surface area (Å²) in [7, 11) is -0.423. The Balaban J connectivity index is 1.63. The van der Waals surface area contributed by atoms with Crippen molar-refractivity contribution in [2.45, 2.75) is 17.9 Å². The SMILES string of the molecule is COc1ccc(CN(CCc2c[nH]c3ccc(OC)cc23)S(=O)(=O)c2ccccc2)cc1. The Morgan fingerprint density at radius 2 is 1.56 bits per heavy atom. The number of methoxy groups -OCH3 is 2. The van der Waals surface area contributed by atoms with E-state index in [9.17, 15) is 8.42 Å². The smallest absolute Gasteiger partial charge is 0.243 e. The zero-order chi connectivity index (χ0) is 22.6. The van der Waals surface area contributed by atoms with Crippen molar-refractivity contribution in [3.8, 4) is 11.5 Å². The largest absolute Gasteiger partial charge is 0.497 e. The highest BCUT2D eigenvalue weighted by molar-refractivity contribution is 7.89. The Bertz CT molecular complexity index is 1280. The Kier molecular flexibility index (Phi) is 6.48. The quantitative estimate of drug-likeness (QED) is 0.404. The third-order valence-electron chi connectivity index (χ3n) is 5.50. The summed E-state index contributed by atoms with van der Waals surface area (Å²) in [6.45, 7) is 0.611. The zero-order valence-corrected chi connectivity index (χ0v) is 18.9. The second-order valence-electron chi connectivity index (χ2n) is 7.48. The summed E-state index contributed by atoms with van der Waals surface area (Å²) in [6.07, 6.45) is 2.50. The van der Waals surface area contributed by atoms with Gasteiger partial charge in [-0.2, -0.15) is 4.31 Å². The molecule has 166 valence electrons. The molecule has 1 N–H and O–H groups in total. The van der Waals surface area contributed by atoms with E-state index >= 15 is 0 Å². The van der Waals surface area contributed by atoms with Crippen molar-refractivity contribution in [1.29, 1.82) is 0 Å². The van der Waals surface area contributed by atoms with Crippen molar-refractivity contribution in [2.24, 2.45) is 0 Å². The number of rotatable bonds is 9. The molecule has 3 aromatic carbocycles. The van der Waals surface area contributed by atoms with Crippen LogP contribution in [-0.2, 0) is 23.0 Å². The Morgan fingerprint density at radius 1 is 0.875 bits per heavy atom. The minimum absolute atomic E-state index is 0.271. The fourth-order valence-electron chi connectivity index (χ4n) is 3.70. The van der Waals surface area contributed by atoms with Gasteiger partial charge in [0, 0.05) is 30.2 Å². The number of aromatic amines is 1. The van der Waals surface area contributed by atoms with E-state index < -0.39 is 10.0 Å². The number of nitrogens with zero attached hydrogens (tertiary/aromatic N) is 1. The monoisotopic (exact) mass is 450 g/mol. The molecular formula is C25H26N2O4S. The number of ether oxygens (including phenoxy) is 2. The van der Waals surface area contributed by atoms with Gasteiger partial charge in [0.05, 0.1) is 19.1 Å². The van der Waals surface area contributed by atoms with E-state index in [0.717, 1.165) is 33.5 Å². The van der Waals surface area contributed by atoms with Crippen LogP contribution in [-0.4, -0.2) is 38.5 Å². The van der Waals surface area contributed by atoms with Gasteiger partial charge in [-0.05, 0) is 60.0 Å². The molecule has 0 aliphatic rings. The standard InChI is InChI=1S/C25H26N2O4S/c1-30-21-10-8-19(9-11-21)18-27(32(28,29)23-6-4-3-5-7-23)15-14-20-17-26-25-13-12-22(31-2)16-24(20)25/h3-13,16-17,26H,14-15,18H2,1-2H3. The first-order valence-electron chi connectivity index (χ1n) is 10.3. The van der Waals surface area contributed by atoms with E-state index in [1.807, 2.05) is 54.7 Å². The highest BCUT2D eigenvalue weighted by Gasteiger charge is 2.24. The minimum atomic E-state index is -3.67. The number of hydrogen-bond donors (Lipinski definition) is 1. The van der Waals surface area contributed by atoms with Crippen LogP contribution in [0.4, 0.5) is 0 Å². The third-order valence-corrected chi connectivity index (χ3v) is 7.36. The Labute approximate surface area is 188 Å². The molecule has 0 fully saturated rings. The minimum Gasteiger partial charge on any atom is -0.497 e. The molecule has 4 aromatic rings. The normalized spacial score (nSPS) is 11.7. The zero-order valence-electron chi connectivity index (χ0n) is 18.1.